The fraction of sp³-hybridized carbons (Fsp3) is 0.600. The number of hydrogen-bond acceptors (Lipinski definition) is 6. The fourth-order valence-electron chi connectivity index (χ4n) is 2.61. The summed E-state index contributed by atoms with van der Waals surface area (Å²) in [7, 11) is -3.87. The zero-order valence-electron chi connectivity index (χ0n) is 14.6. The molecule has 26 heavy (non-hydrogen) atoms. The van der Waals surface area contributed by atoms with Crippen molar-refractivity contribution in [1.29, 1.82) is 0 Å². The average Bonchev–Trinajstić information content (AvgIpc) is 2.59. The predicted molar refractivity (Wildman–Crippen MR) is 95.1 cm³/mol. The Hall–Kier alpha value is -1.46. The maximum atomic E-state index is 12.5. The molecule has 0 aliphatic carbocycles. The lowest BCUT2D eigenvalue weighted by molar-refractivity contribution is -0.131. The van der Waals surface area contributed by atoms with Crippen molar-refractivity contribution in [1.82, 2.24) is 19.5 Å². The largest absolute Gasteiger partial charge is 0.474 e. The number of carbonyl (C=O) groups is 1. The first kappa shape index (κ1) is 20.8. The van der Waals surface area contributed by atoms with Crippen LogP contribution in [0.4, 0.5) is 0 Å². The normalized spacial score (nSPS) is 17.9. The van der Waals surface area contributed by atoms with Crippen LogP contribution >= 0.6 is 11.6 Å². The predicted octanol–water partition coefficient (Wildman–Crippen LogP) is 0.943. The van der Waals surface area contributed by atoms with Crippen LogP contribution in [0, 0.1) is 5.92 Å². The maximum Gasteiger partial charge on any atom is 0.280 e. The van der Waals surface area contributed by atoms with Crippen molar-refractivity contribution < 1.29 is 23.2 Å². The molecule has 0 aromatic carbocycles. The standard InChI is InChI=1S/C15H23ClN4O5S/c1-10(2)14(15(21)18-22)19-26(23,24)20-8-6-11(7-9-20)25-13-5-3-4-12(16)17-13/h3-5,10-11,14,19,22H,6-9H2,1-2H3,(H,18,21). The van der Waals surface area contributed by atoms with E-state index in [2.05, 4.69) is 9.71 Å². The lowest BCUT2D eigenvalue weighted by atomic mass is 10.1. The molecular formula is C15H23ClN4O5S. The van der Waals surface area contributed by atoms with Crippen molar-refractivity contribution in [2.24, 2.45) is 5.92 Å². The summed E-state index contributed by atoms with van der Waals surface area (Å²) in [5.41, 5.74) is 1.49. The van der Waals surface area contributed by atoms with Gasteiger partial charge in [-0.15, -0.1) is 0 Å². The highest BCUT2D eigenvalue weighted by Crippen LogP contribution is 2.20. The Labute approximate surface area is 157 Å². The van der Waals surface area contributed by atoms with Crippen molar-refractivity contribution in [3.05, 3.63) is 23.4 Å². The topological polar surface area (TPSA) is 121 Å². The number of rotatable bonds is 7. The number of halogens is 1. The van der Waals surface area contributed by atoms with E-state index in [1.54, 1.807) is 32.0 Å². The number of piperidine rings is 1. The summed E-state index contributed by atoms with van der Waals surface area (Å²) in [6.45, 7) is 3.85. The van der Waals surface area contributed by atoms with E-state index in [9.17, 15) is 13.2 Å². The van der Waals surface area contributed by atoms with E-state index >= 15 is 0 Å². The van der Waals surface area contributed by atoms with Gasteiger partial charge in [-0.1, -0.05) is 31.5 Å². The maximum absolute atomic E-state index is 12.5. The van der Waals surface area contributed by atoms with Crippen LogP contribution in [0.15, 0.2) is 18.2 Å². The van der Waals surface area contributed by atoms with Crippen LogP contribution in [-0.2, 0) is 15.0 Å². The zero-order chi connectivity index (χ0) is 19.3. The zero-order valence-corrected chi connectivity index (χ0v) is 16.1. The summed E-state index contributed by atoms with van der Waals surface area (Å²) in [5, 5.41) is 9.10. The Kier molecular flexibility index (Phi) is 7.18. The SMILES string of the molecule is CC(C)C(NS(=O)(=O)N1CCC(Oc2cccc(Cl)n2)CC1)C(=O)NO. The molecule has 0 bridgehead atoms. The molecule has 1 aromatic heterocycles. The average molecular weight is 407 g/mol. The molecule has 1 aliphatic heterocycles. The van der Waals surface area contributed by atoms with Gasteiger partial charge in [-0.25, -0.2) is 10.5 Å². The summed E-state index contributed by atoms with van der Waals surface area (Å²) in [6, 6.07) is 4.00. The van der Waals surface area contributed by atoms with Gasteiger partial charge in [0.2, 0.25) is 5.88 Å². The summed E-state index contributed by atoms with van der Waals surface area (Å²) in [6.07, 6.45) is 0.787. The highest BCUT2D eigenvalue weighted by Gasteiger charge is 2.33. The van der Waals surface area contributed by atoms with Crippen LogP contribution in [0.2, 0.25) is 5.15 Å². The van der Waals surface area contributed by atoms with Crippen LogP contribution in [-0.4, -0.2) is 54.1 Å². The minimum absolute atomic E-state index is 0.172. The molecule has 1 saturated heterocycles. The van der Waals surface area contributed by atoms with E-state index in [1.165, 1.54) is 9.79 Å². The van der Waals surface area contributed by atoms with Crippen LogP contribution in [0.5, 0.6) is 5.88 Å². The molecule has 1 amide bonds. The van der Waals surface area contributed by atoms with Crippen molar-refractivity contribution in [2.45, 2.75) is 38.8 Å². The minimum Gasteiger partial charge on any atom is -0.474 e. The van der Waals surface area contributed by atoms with E-state index in [0.29, 0.717) is 23.9 Å². The number of hydrogen-bond donors (Lipinski definition) is 3. The smallest absolute Gasteiger partial charge is 0.280 e. The monoisotopic (exact) mass is 406 g/mol. The molecule has 1 atom stereocenters. The van der Waals surface area contributed by atoms with Crippen LogP contribution in [0.25, 0.3) is 0 Å². The van der Waals surface area contributed by atoms with Gasteiger partial charge >= 0.3 is 0 Å². The van der Waals surface area contributed by atoms with E-state index in [-0.39, 0.29) is 25.1 Å². The molecule has 1 unspecified atom stereocenters. The molecule has 0 radical (unpaired) electrons. The third kappa shape index (κ3) is 5.52. The number of nitrogens with zero attached hydrogens (tertiary/aromatic N) is 2. The van der Waals surface area contributed by atoms with Crippen molar-refractivity contribution >= 4 is 27.7 Å². The van der Waals surface area contributed by atoms with E-state index in [1.807, 2.05) is 0 Å². The highest BCUT2D eigenvalue weighted by atomic mass is 35.5. The summed E-state index contributed by atoms with van der Waals surface area (Å²) < 4.78 is 34.4. The van der Waals surface area contributed by atoms with Crippen molar-refractivity contribution in [2.75, 3.05) is 13.1 Å². The molecular weight excluding hydrogens is 384 g/mol. The molecule has 11 heteroatoms. The number of pyridine rings is 1. The molecule has 146 valence electrons. The number of carbonyl (C=O) groups excluding carboxylic acids is 1. The number of nitrogens with one attached hydrogen (secondary N) is 2. The minimum atomic E-state index is -3.87. The van der Waals surface area contributed by atoms with Crippen molar-refractivity contribution in [3.8, 4) is 5.88 Å². The van der Waals surface area contributed by atoms with Crippen LogP contribution < -0.4 is 14.9 Å². The van der Waals surface area contributed by atoms with Gasteiger partial charge in [0.25, 0.3) is 16.1 Å². The summed E-state index contributed by atoms with van der Waals surface area (Å²) >= 11 is 5.82. The lowest BCUT2D eigenvalue weighted by Crippen LogP contribution is -2.55. The molecule has 3 N–H and O–H groups in total. The van der Waals surface area contributed by atoms with Gasteiger partial charge in [0.1, 0.15) is 17.3 Å². The second kappa shape index (κ2) is 8.96. The lowest BCUT2D eigenvalue weighted by Gasteiger charge is -2.32. The van der Waals surface area contributed by atoms with E-state index < -0.39 is 22.2 Å². The van der Waals surface area contributed by atoms with Gasteiger partial charge in [-0.2, -0.15) is 17.4 Å². The number of amides is 1. The number of hydroxylamine groups is 1. The Morgan fingerprint density at radius 1 is 1.38 bits per heavy atom. The number of ether oxygens (including phenoxy) is 1. The third-order valence-electron chi connectivity index (χ3n) is 4.05. The second-order valence-electron chi connectivity index (χ2n) is 6.34. The first-order valence-corrected chi connectivity index (χ1v) is 10.1. The molecule has 2 rings (SSSR count). The van der Waals surface area contributed by atoms with Crippen molar-refractivity contribution in [3.63, 3.8) is 0 Å². The molecule has 2 heterocycles. The summed E-state index contributed by atoms with van der Waals surface area (Å²) in [5.74, 6) is -0.725. The first-order chi connectivity index (χ1) is 12.2. The molecule has 9 nitrogen and oxygen atoms in total. The van der Waals surface area contributed by atoms with Crippen LogP contribution in [0.3, 0.4) is 0 Å². The Bertz CT molecular complexity index is 723. The molecule has 1 aliphatic rings. The molecule has 0 spiro atoms. The molecule has 0 saturated carbocycles. The van der Waals surface area contributed by atoms with Gasteiger partial charge in [0, 0.05) is 19.2 Å². The van der Waals surface area contributed by atoms with Gasteiger partial charge in [0.15, 0.2) is 0 Å². The van der Waals surface area contributed by atoms with E-state index in [4.69, 9.17) is 21.5 Å². The Balaban J connectivity index is 1.94. The van der Waals surface area contributed by atoms with Gasteiger partial charge < -0.3 is 4.74 Å². The van der Waals surface area contributed by atoms with E-state index in [0.717, 1.165) is 0 Å². The Morgan fingerprint density at radius 3 is 2.58 bits per heavy atom. The van der Waals surface area contributed by atoms with Gasteiger partial charge in [-0.05, 0) is 24.8 Å². The summed E-state index contributed by atoms with van der Waals surface area (Å²) in [4.78, 5) is 15.7. The molecule has 1 fully saturated rings. The van der Waals surface area contributed by atoms with Gasteiger partial charge in [-0.3, -0.25) is 10.0 Å². The highest BCUT2D eigenvalue weighted by molar-refractivity contribution is 7.87. The second-order valence-corrected chi connectivity index (χ2v) is 8.42. The number of aromatic nitrogens is 1. The first-order valence-electron chi connectivity index (χ1n) is 8.23. The molecule has 1 aromatic rings. The van der Waals surface area contributed by atoms with Crippen LogP contribution in [0.1, 0.15) is 26.7 Å². The fourth-order valence-corrected chi connectivity index (χ4v) is 4.31. The Morgan fingerprint density at radius 2 is 2.04 bits per heavy atom. The van der Waals surface area contributed by atoms with Gasteiger partial charge in [0.05, 0.1) is 0 Å². The quantitative estimate of drug-likeness (QED) is 0.352. The third-order valence-corrected chi connectivity index (χ3v) is 5.86.